The van der Waals surface area contributed by atoms with Gasteiger partial charge in [-0.3, -0.25) is 9.59 Å². The van der Waals surface area contributed by atoms with Crippen LogP contribution >= 0.6 is 11.6 Å². The molecule has 0 aliphatic heterocycles. The van der Waals surface area contributed by atoms with Gasteiger partial charge < -0.3 is 15.2 Å². The molecule has 1 atom stereocenters. The molecule has 0 bridgehead atoms. The number of amides is 1. The van der Waals surface area contributed by atoms with Gasteiger partial charge in [-0.2, -0.15) is 0 Å². The van der Waals surface area contributed by atoms with Crippen LogP contribution in [-0.2, 0) is 14.3 Å². The van der Waals surface area contributed by atoms with Crippen molar-refractivity contribution in [2.45, 2.75) is 25.8 Å². The highest BCUT2D eigenvalue weighted by Crippen LogP contribution is 2.07. The molecular formula is C13H15ClN2O5. The Kier molecular flexibility index (Phi) is 6.61. The van der Waals surface area contributed by atoms with Crippen LogP contribution in [0.2, 0.25) is 5.15 Å². The van der Waals surface area contributed by atoms with Gasteiger partial charge in [0.1, 0.15) is 11.2 Å². The van der Waals surface area contributed by atoms with E-state index in [0.717, 1.165) is 0 Å². The molecule has 0 aromatic carbocycles. The van der Waals surface area contributed by atoms with Crippen molar-refractivity contribution in [2.24, 2.45) is 0 Å². The molecule has 7 nitrogen and oxygen atoms in total. The summed E-state index contributed by atoms with van der Waals surface area (Å²) in [5.41, 5.74) is 0.182. The van der Waals surface area contributed by atoms with Crippen molar-refractivity contribution in [1.82, 2.24) is 10.3 Å². The van der Waals surface area contributed by atoms with Crippen LogP contribution < -0.4 is 5.32 Å². The molecule has 1 aromatic rings. The number of carboxylic acids is 1. The summed E-state index contributed by atoms with van der Waals surface area (Å²) >= 11 is 5.60. The monoisotopic (exact) mass is 314 g/mol. The second kappa shape index (κ2) is 8.21. The van der Waals surface area contributed by atoms with Gasteiger partial charge in [0, 0.05) is 12.6 Å². The van der Waals surface area contributed by atoms with Crippen LogP contribution in [0.15, 0.2) is 18.3 Å². The molecule has 0 saturated heterocycles. The summed E-state index contributed by atoms with van der Waals surface area (Å²) in [7, 11) is 0. The molecule has 0 radical (unpaired) electrons. The smallest absolute Gasteiger partial charge is 0.326 e. The largest absolute Gasteiger partial charge is 0.480 e. The molecule has 114 valence electrons. The number of nitrogens with zero attached hydrogens (tertiary/aromatic N) is 1. The summed E-state index contributed by atoms with van der Waals surface area (Å²) in [6.07, 6.45) is 1.09. The Balaban J connectivity index is 2.61. The third kappa shape index (κ3) is 5.78. The van der Waals surface area contributed by atoms with Crippen molar-refractivity contribution in [3.8, 4) is 0 Å². The molecule has 0 fully saturated rings. The van der Waals surface area contributed by atoms with Crippen molar-refractivity contribution in [1.29, 1.82) is 0 Å². The summed E-state index contributed by atoms with van der Waals surface area (Å²) in [5, 5.41) is 11.6. The van der Waals surface area contributed by atoms with Crippen LogP contribution in [0, 0.1) is 0 Å². The maximum absolute atomic E-state index is 11.9. The maximum Gasteiger partial charge on any atom is 0.326 e. The number of carbonyl (C=O) groups excluding carboxylic acids is 2. The van der Waals surface area contributed by atoms with Gasteiger partial charge in [-0.15, -0.1) is 0 Å². The number of esters is 1. The van der Waals surface area contributed by atoms with Crippen molar-refractivity contribution < 1.29 is 24.2 Å². The minimum Gasteiger partial charge on any atom is -0.480 e. The number of rotatable bonds is 7. The van der Waals surface area contributed by atoms with Gasteiger partial charge in [0.25, 0.3) is 5.91 Å². The number of carboxylic acid groups (broad SMARTS) is 1. The molecule has 1 aromatic heterocycles. The second-order valence-corrected chi connectivity index (χ2v) is 4.46. The average molecular weight is 315 g/mol. The highest BCUT2D eigenvalue weighted by Gasteiger charge is 2.22. The van der Waals surface area contributed by atoms with Crippen LogP contribution in [0.4, 0.5) is 0 Å². The quantitative estimate of drug-likeness (QED) is 0.580. The first-order chi connectivity index (χ1) is 9.93. The summed E-state index contributed by atoms with van der Waals surface area (Å²) in [6.45, 7) is 1.88. The second-order valence-electron chi connectivity index (χ2n) is 4.08. The van der Waals surface area contributed by atoms with Crippen molar-refractivity contribution in [2.75, 3.05) is 6.61 Å². The molecular weight excluding hydrogens is 300 g/mol. The lowest BCUT2D eigenvalue weighted by Gasteiger charge is -2.14. The lowest BCUT2D eigenvalue weighted by atomic mass is 10.1. The number of ether oxygens (including phenoxy) is 1. The first kappa shape index (κ1) is 16.9. The predicted molar refractivity (Wildman–Crippen MR) is 74.0 cm³/mol. The van der Waals surface area contributed by atoms with Crippen LogP contribution in [0.5, 0.6) is 0 Å². The Morgan fingerprint density at radius 3 is 2.67 bits per heavy atom. The van der Waals surface area contributed by atoms with E-state index in [1.165, 1.54) is 18.3 Å². The Morgan fingerprint density at radius 2 is 2.14 bits per heavy atom. The van der Waals surface area contributed by atoms with E-state index in [9.17, 15) is 14.4 Å². The summed E-state index contributed by atoms with van der Waals surface area (Å²) in [4.78, 5) is 37.9. The van der Waals surface area contributed by atoms with E-state index in [1.807, 2.05) is 0 Å². The van der Waals surface area contributed by atoms with Crippen molar-refractivity contribution >= 4 is 29.4 Å². The van der Waals surface area contributed by atoms with Gasteiger partial charge >= 0.3 is 11.9 Å². The lowest BCUT2D eigenvalue weighted by Crippen LogP contribution is -2.41. The Labute approximate surface area is 126 Å². The van der Waals surface area contributed by atoms with E-state index >= 15 is 0 Å². The molecule has 0 aliphatic carbocycles. The molecule has 0 unspecified atom stereocenters. The Morgan fingerprint density at radius 1 is 1.43 bits per heavy atom. The van der Waals surface area contributed by atoms with E-state index in [4.69, 9.17) is 21.4 Å². The first-order valence-electron chi connectivity index (χ1n) is 6.25. The first-order valence-corrected chi connectivity index (χ1v) is 6.62. The molecule has 21 heavy (non-hydrogen) atoms. The molecule has 1 amide bonds. The van der Waals surface area contributed by atoms with E-state index in [2.05, 4.69) is 10.3 Å². The Hall–Kier alpha value is -2.15. The average Bonchev–Trinajstić information content (AvgIpc) is 2.43. The topological polar surface area (TPSA) is 106 Å². The zero-order valence-corrected chi connectivity index (χ0v) is 12.1. The van der Waals surface area contributed by atoms with Crippen molar-refractivity contribution in [3.63, 3.8) is 0 Å². The zero-order chi connectivity index (χ0) is 15.8. The molecule has 8 heteroatoms. The highest BCUT2D eigenvalue weighted by atomic mass is 35.5. The van der Waals surface area contributed by atoms with E-state index < -0.39 is 23.9 Å². The molecule has 0 saturated carbocycles. The van der Waals surface area contributed by atoms with Crippen LogP contribution in [0.3, 0.4) is 0 Å². The maximum atomic E-state index is 11.9. The number of carbonyl (C=O) groups is 3. The van der Waals surface area contributed by atoms with Gasteiger partial charge in [0.2, 0.25) is 0 Å². The fourth-order valence-corrected chi connectivity index (χ4v) is 1.62. The van der Waals surface area contributed by atoms with Crippen LogP contribution in [0.1, 0.15) is 30.1 Å². The predicted octanol–water partition coefficient (Wildman–Crippen LogP) is 1.26. The minimum atomic E-state index is -1.23. The van der Waals surface area contributed by atoms with E-state index in [1.54, 1.807) is 6.92 Å². The highest BCUT2D eigenvalue weighted by molar-refractivity contribution is 6.29. The number of hydrogen-bond donors (Lipinski definition) is 2. The minimum absolute atomic E-state index is 0.0546. The summed E-state index contributed by atoms with van der Waals surface area (Å²) in [5.74, 6) is -2.34. The normalized spacial score (nSPS) is 11.5. The number of hydrogen-bond acceptors (Lipinski definition) is 5. The van der Waals surface area contributed by atoms with Crippen LogP contribution in [-0.4, -0.2) is 40.6 Å². The number of halogens is 1. The molecule has 2 N–H and O–H groups in total. The van der Waals surface area contributed by atoms with E-state index in [-0.39, 0.29) is 30.2 Å². The zero-order valence-electron chi connectivity index (χ0n) is 11.3. The number of pyridine rings is 1. The van der Waals surface area contributed by atoms with Gasteiger partial charge in [-0.25, -0.2) is 9.78 Å². The van der Waals surface area contributed by atoms with Crippen LogP contribution in [0.25, 0.3) is 0 Å². The van der Waals surface area contributed by atoms with Gasteiger partial charge in [-0.05, 0) is 25.5 Å². The molecule has 0 spiro atoms. The number of nitrogens with one attached hydrogen (secondary N) is 1. The number of aromatic nitrogens is 1. The van der Waals surface area contributed by atoms with E-state index in [0.29, 0.717) is 0 Å². The molecule has 1 rings (SSSR count). The van der Waals surface area contributed by atoms with Gasteiger partial charge in [0.05, 0.1) is 12.2 Å². The standard InChI is InChI=1S/C13H15ClN2O5/c1-2-21-11(17)6-4-9(13(19)20)16-12(18)8-3-5-10(14)15-7-8/h3,5,7,9H,2,4,6H2,1H3,(H,16,18)(H,19,20)/t9-/m0/s1. The van der Waals surface area contributed by atoms with Gasteiger partial charge in [0.15, 0.2) is 0 Å². The molecule has 0 aliphatic rings. The third-order valence-electron chi connectivity index (χ3n) is 2.54. The van der Waals surface area contributed by atoms with Gasteiger partial charge in [-0.1, -0.05) is 11.6 Å². The van der Waals surface area contributed by atoms with Crippen molar-refractivity contribution in [3.05, 3.63) is 29.0 Å². The molecule has 1 heterocycles. The Bertz CT molecular complexity index is 518. The summed E-state index contributed by atoms with van der Waals surface area (Å²) < 4.78 is 4.71. The fourth-order valence-electron chi connectivity index (χ4n) is 1.50. The number of aliphatic carboxylic acids is 1. The SMILES string of the molecule is CCOC(=O)CC[C@H](NC(=O)c1ccc(Cl)nc1)C(=O)O. The lowest BCUT2D eigenvalue weighted by molar-refractivity contribution is -0.144. The summed E-state index contributed by atoms with van der Waals surface area (Å²) in [6, 6.07) is 1.66. The fraction of sp³-hybridized carbons (Fsp3) is 0.385. The third-order valence-corrected chi connectivity index (χ3v) is 2.76.